The third-order valence-electron chi connectivity index (χ3n) is 2.55. The minimum absolute atomic E-state index is 0.0847. The van der Waals surface area contributed by atoms with Crippen LogP contribution in [0.5, 0.6) is 5.75 Å². The normalized spacial score (nSPS) is 12.0. The molecule has 0 fully saturated rings. The van der Waals surface area contributed by atoms with Gasteiger partial charge in [0.15, 0.2) is 9.84 Å². The predicted molar refractivity (Wildman–Crippen MR) is 77.2 cm³/mol. The molecule has 1 heterocycles. The highest BCUT2D eigenvalue weighted by Gasteiger charge is 2.23. The maximum absolute atomic E-state index is 12.4. The number of rotatable bonds is 3. The molecular weight excluding hydrogens is 334 g/mol. The van der Waals surface area contributed by atoms with Crippen LogP contribution in [0.4, 0.5) is 5.00 Å². The summed E-state index contributed by atoms with van der Waals surface area (Å²) in [6.07, 6.45) is 0.917. The monoisotopic (exact) mass is 343 g/mol. The zero-order valence-electron chi connectivity index (χ0n) is 10.6. The first kappa shape index (κ1) is 15.5. The number of sulfone groups is 2. The molecule has 0 spiro atoms. The highest BCUT2D eigenvalue weighted by Crippen LogP contribution is 2.34. The van der Waals surface area contributed by atoms with E-state index < -0.39 is 25.4 Å². The molecule has 0 saturated carbocycles. The van der Waals surface area contributed by atoms with E-state index in [0.717, 1.165) is 35.8 Å². The van der Waals surface area contributed by atoms with Crippen molar-refractivity contribution in [2.45, 2.75) is 14.0 Å². The van der Waals surface area contributed by atoms with Crippen molar-refractivity contribution in [1.82, 2.24) is 0 Å². The van der Waals surface area contributed by atoms with Crippen LogP contribution in [0.15, 0.2) is 44.3 Å². The lowest BCUT2D eigenvalue weighted by atomic mass is 10.3. The largest absolute Gasteiger partial charge is 0.508 e. The van der Waals surface area contributed by atoms with Gasteiger partial charge >= 0.3 is 0 Å². The number of nitrogens with zero attached hydrogens (tertiary/aromatic N) is 1. The maximum atomic E-state index is 12.4. The van der Waals surface area contributed by atoms with Crippen molar-refractivity contribution in [1.29, 1.82) is 0 Å². The van der Waals surface area contributed by atoms with Crippen LogP contribution in [0, 0.1) is 6.57 Å². The topological polar surface area (TPSA) is 92.9 Å². The minimum Gasteiger partial charge on any atom is -0.508 e. The third-order valence-corrected chi connectivity index (χ3v) is 6.84. The van der Waals surface area contributed by atoms with E-state index in [4.69, 9.17) is 6.57 Å². The van der Waals surface area contributed by atoms with Gasteiger partial charge in [-0.25, -0.2) is 21.7 Å². The number of hydrogen-bond acceptors (Lipinski definition) is 6. The van der Waals surface area contributed by atoms with E-state index in [-0.39, 0.29) is 19.0 Å². The van der Waals surface area contributed by atoms with Crippen molar-refractivity contribution in [3.05, 3.63) is 41.7 Å². The first-order valence-corrected chi connectivity index (χ1v) is 9.60. The zero-order valence-corrected chi connectivity index (χ0v) is 13.1. The lowest BCUT2D eigenvalue weighted by Crippen LogP contribution is -2.03. The summed E-state index contributed by atoms with van der Waals surface area (Å²) in [7, 11) is -7.64. The fraction of sp³-hybridized carbons (Fsp3) is 0.0833. The van der Waals surface area contributed by atoms with Crippen LogP contribution in [-0.2, 0) is 19.7 Å². The average molecular weight is 343 g/mol. The number of phenolic OH excluding ortho intramolecular Hbond substituents is 1. The number of phenols is 1. The SMILES string of the molecule is [C-]#[N+]c1ccc(S(=O)(=O)c2cc(O)cc(S(C)(=O)=O)c2)s1. The quantitative estimate of drug-likeness (QED) is 0.863. The van der Waals surface area contributed by atoms with Gasteiger partial charge in [-0.05, 0) is 30.3 Å². The zero-order chi connectivity index (χ0) is 15.8. The van der Waals surface area contributed by atoms with Gasteiger partial charge in [-0.3, -0.25) is 0 Å². The smallest absolute Gasteiger partial charge is 0.242 e. The molecule has 21 heavy (non-hydrogen) atoms. The molecule has 9 heteroatoms. The third kappa shape index (κ3) is 3.07. The standard InChI is InChI=1S/C12H9NO5S3/c1-13-11-3-4-12(19-11)21(17,18)10-6-8(14)5-9(7-10)20(2,15)16/h3-7,14H,2H3. The van der Waals surface area contributed by atoms with Gasteiger partial charge < -0.3 is 5.11 Å². The van der Waals surface area contributed by atoms with Crippen molar-refractivity contribution in [2.24, 2.45) is 0 Å². The summed E-state index contributed by atoms with van der Waals surface area (Å²) < 4.78 is 47.7. The van der Waals surface area contributed by atoms with E-state index in [0.29, 0.717) is 0 Å². The van der Waals surface area contributed by atoms with Gasteiger partial charge in [-0.2, -0.15) is 0 Å². The molecule has 0 bridgehead atoms. The Bertz CT molecular complexity index is 949. The summed E-state index contributed by atoms with van der Waals surface area (Å²) in [6, 6.07) is 5.58. The Morgan fingerprint density at radius 1 is 1.10 bits per heavy atom. The van der Waals surface area contributed by atoms with E-state index in [1.165, 1.54) is 12.1 Å². The summed E-state index contributed by atoms with van der Waals surface area (Å²) in [5.74, 6) is -0.460. The van der Waals surface area contributed by atoms with Crippen LogP contribution < -0.4 is 0 Å². The second-order valence-electron chi connectivity index (χ2n) is 4.14. The lowest BCUT2D eigenvalue weighted by molar-refractivity contribution is 0.470. The van der Waals surface area contributed by atoms with E-state index >= 15 is 0 Å². The number of benzene rings is 1. The summed E-state index contributed by atoms with van der Waals surface area (Å²) >= 11 is 0.781. The fourth-order valence-electron chi connectivity index (χ4n) is 1.56. The van der Waals surface area contributed by atoms with Crippen LogP contribution in [0.2, 0.25) is 0 Å². The molecule has 0 radical (unpaired) electrons. The highest BCUT2D eigenvalue weighted by atomic mass is 32.2. The van der Waals surface area contributed by atoms with Crippen molar-refractivity contribution in [3.63, 3.8) is 0 Å². The van der Waals surface area contributed by atoms with Gasteiger partial charge in [0.2, 0.25) is 14.8 Å². The highest BCUT2D eigenvalue weighted by molar-refractivity contribution is 7.93. The summed E-state index contributed by atoms with van der Waals surface area (Å²) in [5.41, 5.74) is 0. The Morgan fingerprint density at radius 2 is 1.71 bits per heavy atom. The minimum atomic E-state index is -3.98. The molecule has 1 aromatic carbocycles. The number of hydrogen-bond donors (Lipinski definition) is 1. The molecule has 0 aliphatic rings. The van der Waals surface area contributed by atoms with E-state index in [1.807, 2.05) is 0 Å². The Hall–Kier alpha value is -1.89. The first-order chi connectivity index (χ1) is 9.64. The molecule has 1 aromatic heterocycles. The molecule has 0 unspecified atom stereocenters. The van der Waals surface area contributed by atoms with Crippen LogP contribution >= 0.6 is 11.3 Å². The van der Waals surface area contributed by atoms with Crippen molar-refractivity contribution in [2.75, 3.05) is 6.26 Å². The van der Waals surface area contributed by atoms with Crippen LogP contribution in [0.3, 0.4) is 0 Å². The van der Waals surface area contributed by atoms with E-state index in [9.17, 15) is 21.9 Å². The fourth-order valence-corrected chi connectivity index (χ4v) is 4.85. The Labute approximate surface area is 126 Å². The van der Waals surface area contributed by atoms with Crippen LogP contribution in [-0.4, -0.2) is 28.2 Å². The molecule has 0 saturated heterocycles. The summed E-state index contributed by atoms with van der Waals surface area (Å²) in [5, 5.41) is 9.75. The van der Waals surface area contributed by atoms with Crippen molar-refractivity contribution in [3.8, 4) is 5.75 Å². The lowest BCUT2D eigenvalue weighted by Gasteiger charge is -2.06. The Morgan fingerprint density at radius 3 is 2.24 bits per heavy atom. The molecule has 0 atom stereocenters. The molecule has 110 valence electrons. The van der Waals surface area contributed by atoms with Gasteiger partial charge in [0.1, 0.15) is 9.96 Å². The van der Waals surface area contributed by atoms with Gasteiger partial charge in [0, 0.05) is 6.26 Å². The molecule has 6 nitrogen and oxygen atoms in total. The molecular formula is C12H9NO5S3. The molecule has 2 rings (SSSR count). The van der Waals surface area contributed by atoms with E-state index in [1.54, 1.807) is 0 Å². The summed E-state index contributed by atoms with van der Waals surface area (Å²) in [6.45, 7) is 6.84. The second-order valence-corrected chi connectivity index (χ2v) is 9.40. The van der Waals surface area contributed by atoms with E-state index in [2.05, 4.69) is 4.85 Å². The summed E-state index contributed by atoms with van der Waals surface area (Å²) in [4.78, 5) is 2.51. The second kappa shape index (κ2) is 5.14. The van der Waals surface area contributed by atoms with Gasteiger partial charge in [-0.1, -0.05) is 0 Å². The van der Waals surface area contributed by atoms with Gasteiger partial charge in [0.05, 0.1) is 16.4 Å². The first-order valence-electron chi connectivity index (χ1n) is 5.41. The molecule has 0 amide bonds. The molecule has 0 aliphatic carbocycles. The molecule has 0 aliphatic heterocycles. The number of thiophene rings is 1. The van der Waals surface area contributed by atoms with Crippen molar-refractivity contribution >= 4 is 36.0 Å². The number of aromatic hydroxyl groups is 1. The van der Waals surface area contributed by atoms with Gasteiger partial charge in [0.25, 0.3) is 0 Å². The average Bonchev–Trinajstić information content (AvgIpc) is 2.86. The van der Waals surface area contributed by atoms with Gasteiger partial charge in [-0.15, -0.1) is 11.3 Å². The Balaban J connectivity index is 2.66. The Kier molecular flexibility index (Phi) is 3.79. The predicted octanol–water partition coefficient (Wildman–Crippen LogP) is 2.24. The van der Waals surface area contributed by atoms with Crippen LogP contribution in [0.1, 0.15) is 0 Å². The molecule has 2 aromatic rings. The molecule has 1 N–H and O–H groups in total. The maximum Gasteiger partial charge on any atom is 0.242 e. The van der Waals surface area contributed by atoms with Crippen molar-refractivity contribution < 1.29 is 21.9 Å². The van der Waals surface area contributed by atoms with Crippen LogP contribution in [0.25, 0.3) is 4.85 Å².